The molecule has 2 nitrogen and oxygen atoms in total. The molecule has 0 spiro atoms. The van der Waals surface area contributed by atoms with Crippen molar-refractivity contribution in [2.24, 2.45) is 5.92 Å². The Labute approximate surface area is 97.8 Å². The number of hydrogen-bond acceptors (Lipinski definition) is 2. The number of hydrogen-bond donors (Lipinski definition) is 1. The number of alkyl halides is 3. The van der Waals surface area contributed by atoms with Gasteiger partial charge < -0.3 is 10.1 Å². The average molecular weight is 245 g/mol. The number of ether oxygens (including phenoxy) is 1. The molecule has 1 aliphatic rings. The lowest BCUT2D eigenvalue weighted by Gasteiger charge is -2.27. The van der Waals surface area contributed by atoms with Crippen LogP contribution in [0.1, 0.15) is 11.1 Å². The second-order valence-electron chi connectivity index (χ2n) is 4.37. The van der Waals surface area contributed by atoms with Crippen LogP contribution in [0.4, 0.5) is 13.2 Å². The molecule has 1 aromatic carbocycles. The van der Waals surface area contributed by atoms with Crippen LogP contribution in [0.3, 0.4) is 0 Å². The Bertz CT molecular complexity index is 399. The zero-order valence-corrected chi connectivity index (χ0v) is 9.47. The molecule has 17 heavy (non-hydrogen) atoms. The molecule has 0 bridgehead atoms. The van der Waals surface area contributed by atoms with E-state index in [1.165, 1.54) is 0 Å². The normalized spacial score (nSPS) is 16.7. The number of nitrogens with one attached hydrogen (secondary N) is 1. The van der Waals surface area contributed by atoms with Crippen molar-refractivity contribution in [3.8, 4) is 5.75 Å². The summed E-state index contributed by atoms with van der Waals surface area (Å²) in [6.07, 6.45) is -4.32. The van der Waals surface area contributed by atoms with Crippen LogP contribution in [-0.2, 0) is 6.18 Å². The van der Waals surface area contributed by atoms with Crippen molar-refractivity contribution in [2.75, 3.05) is 19.7 Å². The quantitative estimate of drug-likeness (QED) is 0.883. The van der Waals surface area contributed by atoms with Gasteiger partial charge in [-0.25, -0.2) is 0 Å². The SMILES string of the molecule is Cc1cc(OCC2CNC2)cc(C(F)(F)F)c1. The minimum Gasteiger partial charge on any atom is -0.493 e. The molecule has 0 amide bonds. The maximum atomic E-state index is 12.6. The Kier molecular flexibility index (Phi) is 3.28. The van der Waals surface area contributed by atoms with E-state index in [2.05, 4.69) is 5.32 Å². The summed E-state index contributed by atoms with van der Waals surface area (Å²) in [4.78, 5) is 0. The van der Waals surface area contributed by atoms with Crippen LogP contribution in [0.5, 0.6) is 5.75 Å². The molecule has 94 valence electrons. The van der Waals surface area contributed by atoms with Crippen LogP contribution in [0.15, 0.2) is 18.2 Å². The Morgan fingerprint density at radius 3 is 2.53 bits per heavy atom. The van der Waals surface area contributed by atoms with Gasteiger partial charge in [0.25, 0.3) is 0 Å². The third-order valence-electron chi connectivity index (χ3n) is 2.73. The molecule has 0 unspecified atom stereocenters. The fourth-order valence-corrected chi connectivity index (χ4v) is 1.68. The molecule has 0 saturated carbocycles. The van der Waals surface area contributed by atoms with Gasteiger partial charge in [0.15, 0.2) is 0 Å². The van der Waals surface area contributed by atoms with Crippen LogP contribution in [-0.4, -0.2) is 19.7 Å². The Hall–Kier alpha value is -1.23. The highest BCUT2D eigenvalue weighted by Crippen LogP contribution is 2.32. The first-order chi connectivity index (χ1) is 7.95. The van der Waals surface area contributed by atoms with Gasteiger partial charge in [-0.15, -0.1) is 0 Å². The minimum atomic E-state index is -4.32. The maximum absolute atomic E-state index is 12.6. The van der Waals surface area contributed by atoms with Crippen molar-refractivity contribution in [1.29, 1.82) is 0 Å². The van der Waals surface area contributed by atoms with Crippen LogP contribution >= 0.6 is 0 Å². The van der Waals surface area contributed by atoms with E-state index in [4.69, 9.17) is 4.74 Å². The van der Waals surface area contributed by atoms with Gasteiger partial charge in [-0.1, -0.05) is 0 Å². The van der Waals surface area contributed by atoms with Gasteiger partial charge in [-0.05, 0) is 30.7 Å². The van der Waals surface area contributed by atoms with Gasteiger partial charge >= 0.3 is 6.18 Å². The van der Waals surface area contributed by atoms with E-state index >= 15 is 0 Å². The van der Waals surface area contributed by atoms with Gasteiger partial charge in [0.05, 0.1) is 12.2 Å². The highest BCUT2D eigenvalue weighted by molar-refractivity contribution is 5.35. The molecule has 2 rings (SSSR count). The molecule has 1 saturated heterocycles. The summed E-state index contributed by atoms with van der Waals surface area (Å²) in [5, 5.41) is 3.08. The zero-order chi connectivity index (χ0) is 12.5. The van der Waals surface area contributed by atoms with E-state index in [0.29, 0.717) is 23.8 Å². The fraction of sp³-hybridized carbons (Fsp3) is 0.500. The van der Waals surface area contributed by atoms with Crippen LogP contribution < -0.4 is 10.1 Å². The van der Waals surface area contributed by atoms with Crippen molar-refractivity contribution < 1.29 is 17.9 Å². The van der Waals surface area contributed by atoms with Crippen molar-refractivity contribution in [3.63, 3.8) is 0 Å². The first-order valence-electron chi connectivity index (χ1n) is 5.47. The van der Waals surface area contributed by atoms with Crippen LogP contribution in [0, 0.1) is 12.8 Å². The van der Waals surface area contributed by atoms with E-state index < -0.39 is 11.7 Å². The Morgan fingerprint density at radius 1 is 1.29 bits per heavy atom. The molecular weight excluding hydrogens is 231 g/mol. The molecule has 0 atom stereocenters. The van der Waals surface area contributed by atoms with E-state index in [1.54, 1.807) is 13.0 Å². The molecule has 1 N–H and O–H groups in total. The van der Waals surface area contributed by atoms with Gasteiger partial charge in [-0.3, -0.25) is 0 Å². The lowest BCUT2D eigenvalue weighted by Crippen LogP contribution is -2.45. The summed E-state index contributed by atoms with van der Waals surface area (Å²) in [7, 11) is 0. The highest BCUT2D eigenvalue weighted by atomic mass is 19.4. The standard InChI is InChI=1S/C12H14F3NO/c1-8-2-10(12(13,14)15)4-11(3-8)17-7-9-5-16-6-9/h2-4,9,16H,5-7H2,1H3. The third-order valence-corrected chi connectivity index (χ3v) is 2.73. The summed E-state index contributed by atoms with van der Waals surface area (Å²) >= 11 is 0. The number of halogens is 3. The van der Waals surface area contributed by atoms with Gasteiger partial charge in [0.2, 0.25) is 0 Å². The topological polar surface area (TPSA) is 21.3 Å². The zero-order valence-electron chi connectivity index (χ0n) is 9.47. The van der Waals surface area contributed by atoms with Crippen LogP contribution in [0.25, 0.3) is 0 Å². The largest absolute Gasteiger partial charge is 0.493 e. The second-order valence-corrected chi connectivity index (χ2v) is 4.37. The number of aryl methyl sites for hydroxylation is 1. The fourth-order valence-electron chi connectivity index (χ4n) is 1.68. The highest BCUT2D eigenvalue weighted by Gasteiger charge is 2.31. The molecule has 1 fully saturated rings. The molecule has 5 heteroatoms. The summed E-state index contributed by atoms with van der Waals surface area (Å²) in [5.41, 5.74) is -0.0965. The van der Waals surface area contributed by atoms with Gasteiger partial charge in [0.1, 0.15) is 5.75 Å². The molecular formula is C12H14F3NO. The summed E-state index contributed by atoms with van der Waals surface area (Å²) in [5.74, 6) is 0.703. The van der Waals surface area contributed by atoms with Crippen molar-refractivity contribution in [3.05, 3.63) is 29.3 Å². The van der Waals surface area contributed by atoms with E-state index in [0.717, 1.165) is 25.2 Å². The Balaban J connectivity index is 2.08. The number of rotatable bonds is 3. The van der Waals surface area contributed by atoms with E-state index in [-0.39, 0.29) is 0 Å². The molecule has 1 aliphatic heterocycles. The monoisotopic (exact) mass is 245 g/mol. The third kappa shape index (κ3) is 3.12. The molecule has 0 aromatic heterocycles. The molecule has 1 heterocycles. The van der Waals surface area contributed by atoms with Crippen molar-refractivity contribution in [1.82, 2.24) is 5.32 Å². The van der Waals surface area contributed by atoms with E-state index in [1.807, 2.05) is 0 Å². The predicted octanol–water partition coefficient (Wildman–Crippen LogP) is 2.61. The lowest BCUT2D eigenvalue weighted by molar-refractivity contribution is -0.137. The summed E-state index contributed by atoms with van der Waals surface area (Å²) in [6, 6.07) is 3.80. The molecule has 0 aliphatic carbocycles. The smallest absolute Gasteiger partial charge is 0.416 e. The first kappa shape index (κ1) is 12.2. The summed E-state index contributed by atoms with van der Waals surface area (Å²) in [6.45, 7) is 3.84. The van der Waals surface area contributed by atoms with Gasteiger partial charge in [0, 0.05) is 19.0 Å². The molecule has 0 radical (unpaired) electrons. The minimum absolute atomic E-state index is 0.296. The lowest BCUT2D eigenvalue weighted by atomic mass is 10.1. The van der Waals surface area contributed by atoms with Gasteiger partial charge in [-0.2, -0.15) is 13.2 Å². The van der Waals surface area contributed by atoms with Crippen molar-refractivity contribution in [2.45, 2.75) is 13.1 Å². The maximum Gasteiger partial charge on any atom is 0.416 e. The second kappa shape index (κ2) is 4.56. The first-order valence-corrected chi connectivity index (χ1v) is 5.47. The molecule has 1 aromatic rings. The van der Waals surface area contributed by atoms with Crippen molar-refractivity contribution >= 4 is 0 Å². The summed E-state index contributed by atoms with van der Waals surface area (Å²) < 4.78 is 43.1. The predicted molar refractivity (Wildman–Crippen MR) is 58.0 cm³/mol. The number of benzene rings is 1. The average Bonchev–Trinajstić information content (AvgIpc) is 2.13. The van der Waals surface area contributed by atoms with E-state index in [9.17, 15) is 13.2 Å². The van der Waals surface area contributed by atoms with Crippen LogP contribution in [0.2, 0.25) is 0 Å². The Morgan fingerprint density at radius 2 is 2.00 bits per heavy atom.